The Morgan fingerprint density at radius 1 is 1.33 bits per heavy atom. The third-order valence-corrected chi connectivity index (χ3v) is 5.52. The Kier molecular flexibility index (Phi) is 7.99. The lowest BCUT2D eigenvalue weighted by molar-refractivity contribution is 0.0703. The molecular weight excluding hydrogens is 350 g/mol. The Labute approximate surface area is 150 Å². The Bertz CT molecular complexity index is 646. The number of rotatable bonds is 6. The number of piperidine rings is 1. The summed E-state index contributed by atoms with van der Waals surface area (Å²) in [6, 6.07) is 6.91. The predicted octanol–water partition coefficient (Wildman–Crippen LogP) is 2.08. The smallest absolute Gasteiger partial charge is 0.253 e. The highest BCUT2D eigenvalue weighted by Gasteiger charge is 2.23. The summed E-state index contributed by atoms with van der Waals surface area (Å²) >= 11 is 0. The largest absolute Gasteiger partial charge is 0.339 e. The summed E-state index contributed by atoms with van der Waals surface area (Å²) in [7, 11) is -1.54. The molecule has 2 rings (SSSR count). The summed E-state index contributed by atoms with van der Waals surface area (Å²) in [5, 5.41) is 3.28. The van der Waals surface area contributed by atoms with Gasteiger partial charge in [0.05, 0.1) is 5.75 Å². The van der Waals surface area contributed by atoms with E-state index in [1.807, 2.05) is 14.0 Å². The first-order valence-electron chi connectivity index (χ1n) is 8.01. The van der Waals surface area contributed by atoms with Crippen molar-refractivity contribution in [1.82, 2.24) is 10.2 Å². The van der Waals surface area contributed by atoms with E-state index in [9.17, 15) is 13.2 Å². The SMILES string of the molecule is CCCS(=O)(=O)Nc1cccc(C(=O)N(C)C2CCNCC2)c1.Cl. The number of benzene rings is 1. The Hall–Kier alpha value is -1.31. The molecule has 0 unspecified atom stereocenters. The van der Waals surface area contributed by atoms with Gasteiger partial charge in [0.1, 0.15) is 0 Å². The molecule has 0 aliphatic carbocycles. The maximum absolute atomic E-state index is 12.6. The first kappa shape index (κ1) is 20.7. The van der Waals surface area contributed by atoms with Crippen LogP contribution in [-0.2, 0) is 10.0 Å². The monoisotopic (exact) mass is 375 g/mol. The normalized spacial score (nSPS) is 15.4. The maximum atomic E-state index is 12.6. The summed E-state index contributed by atoms with van der Waals surface area (Å²) in [4.78, 5) is 14.4. The van der Waals surface area contributed by atoms with E-state index in [4.69, 9.17) is 0 Å². The van der Waals surface area contributed by atoms with Crippen LogP contribution in [0.4, 0.5) is 5.69 Å². The lowest BCUT2D eigenvalue weighted by atomic mass is 10.0. The highest BCUT2D eigenvalue weighted by Crippen LogP contribution is 2.17. The van der Waals surface area contributed by atoms with Crippen molar-refractivity contribution in [2.45, 2.75) is 32.2 Å². The minimum atomic E-state index is -3.35. The van der Waals surface area contributed by atoms with Crippen molar-refractivity contribution in [1.29, 1.82) is 0 Å². The van der Waals surface area contributed by atoms with Crippen LogP contribution < -0.4 is 10.0 Å². The number of hydrogen-bond donors (Lipinski definition) is 2. The van der Waals surface area contributed by atoms with Gasteiger partial charge in [-0.1, -0.05) is 13.0 Å². The zero-order chi connectivity index (χ0) is 16.9. The van der Waals surface area contributed by atoms with E-state index < -0.39 is 10.0 Å². The van der Waals surface area contributed by atoms with E-state index >= 15 is 0 Å². The summed E-state index contributed by atoms with van der Waals surface area (Å²) in [5.41, 5.74) is 0.936. The zero-order valence-corrected chi connectivity index (χ0v) is 15.8. The molecule has 1 heterocycles. The molecule has 1 saturated heterocycles. The van der Waals surface area contributed by atoms with Gasteiger partial charge in [0.15, 0.2) is 0 Å². The molecule has 1 amide bonds. The van der Waals surface area contributed by atoms with Gasteiger partial charge in [-0.2, -0.15) is 0 Å². The third-order valence-electron chi connectivity index (χ3n) is 4.03. The third kappa shape index (κ3) is 5.65. The minimum absolute atomic E-state index is 0. The number of carbonyl (C=O) groups excluding carboxylic acids is 1. The van der Waals surface area contributed by atoms with Crippen LogP contribution in [0.25, 0.3) is 0 Å². The molecule has 136 valence electrons. The van der Waals surface area contributed by atoms with Gasteiger partial charge in [-0.15, -0.1) is 12.4 Å². The standard InChI is InChI=1S/C16H25N3O3S.ClH/c1-3-11-23(21,22)18-14-6-4-5-13(12-14)16(20)19(2)15-7-9-17-10-8-15;/h4-6,12,15,17-18H,3,7-11H2,1-2H3;1H. The van der Waals surface area contributed by atoms with E-state index in [1.54, 1.807) is 29.2 Å². The molecule has 1 aliphatic rings. The minimum Gasteiger partial charge on any atom is -0.339 e. The molecule has 1 aliphatic heterocycles. The summed E-state index contributed by atoms with van der Waals surface area (Å²) < 4.78 is 26.2. The van der Waals surface area contributed by atoms with Gasteiger partial charge in [-0.05, 0) is 50.6 Å². The van der Waals surface area contributed by atoms with Gasteiger partial charge in [-0.3, -0.25) is 9.52 Å². The highest BCUT2D eigenvalue weighted by molar-refractivity contribution is 7.92. The van der Waals surface area contributed by atoms with Crippen LogP contribution in [0.15, 0.2) is 24.3 Å². The molecule has 24 heavy (non-hydrogen) atoms. The van der Waals surface area contributed by atoms with Gasteiger partial charge in [0.2, 0.25) is 10.0 Å². The van der Waals surface area contributed by atoms with Crippen LogP contribution in [0.5, 0.6) is 0 Å². The van der Waals surface area contributed by atoms with Crippen molar-refractivity contribution in [3.63, 3.8) is 0 Å². The number of anilines is 1. The second-order valence-corrected chi connectivity index (χ2v) is 7.74. The van der Waals surface area contributed by atoms with E-state index in [-0.39, 0.29) is 30.1 Å². The van der Waals surface area contributed by atoms with Crippen LogP contribution in [0.3, 0.4) is 0 Å². The van der Waals surface area contributed by atoms with Crippen molar-refractivity contribution in [3.05, 3.63) is 29.8 Å². The molecule has 0 bridgehead atoms. The topological polar surface area (TPSA) is 78.5 Å². The Morgan fingerprint density at radius 3 is 2.62 bits per heavy atom. The molecule has 1 fully saturated rings. The quantitative estimate of drug-likeness (QED) is 0.797. The van der Waals surface area contributed by atoms with Crippen molar-refractivity contribution >= 4 is 34.0 Å². The summed E-state index contributed by atoms with van der Waals surface area (Å²) in [5.74, 6) is -0.00592. The highest BCUT2D eigenvalue weighted by atomic mass is 35.5. The van der Waals surface area contributed by atoms with Crippen molar-refractivity contribution < 1.29 is 13.2 Å². The molecule has 1 aromatic carbocycles. The van der Waals surface area contributed by atoms with Gasteiger partial charge in [0.25, 0.3) is 5.91 Å². The Morgan fingerprint density at radius 2 is 2.00 bits per heavy atom. The average molecular weight is 376 g/mol. The number of halogens is 1. The number of hydrogen-bond acceptors (Lipinski definition) is 4. The lowest BCUT2D eigenvalue weighted by Gasteiger charge is -2.31. The first-order chi connectivity index (χ1) is 10.9. The van der Waals surface area contributed by atoms with Crippen LogP contribution in [0.1, 0.15) is 36.5 Å². The average Bonchev–Trinajstić information content (AvgIpc) is 2.54. The molecule has 1 aromatic rings. The fourth-order valence-corrected chi connectivity index (χ4v) is 3.90. The fraction of sp³-hybridized carbons (Fsp3) is 0.562. The van der Waals surface area contributed by atoms with Gasteiger partial charge in [0, 0.05) is 24.3 Å². The number of nitrogens with zero attached hydrogens (tertiary/aromatic N) is 1. The van der Waals surface area contributed by atoms with Crippen molar-refractivity contribution in [2.75, 3.05) is 30.6 Å². The maximum Gasteiger partial charge on any atom is 0.253 e. The molecule has 0 atom stereocenters. The summed E-state index contributed by atoms with van der Waals surface area (Å²) in [6.07, 6.45) is 2.42. The molecule has 0 radical (unpaired) electrons. The number of nitrogens with one attached hydrogen (secondary N) is 2. The van der Waals surface area contributed by atoms with E-state index in [1.165, 1.54) is 0 Å². The molecule has 0 aromatic heterocycles. The number of sulfonamides is 1. The van der Waals surface area contributed by atoms with Gasteiger partial charge in [-0.25, -0.2) is 8.42 Å². The molecule has 0 saturated carbocycles. The van der Waals surface area contributed by atoms with Gasteiger partial charge < -0.3 is 10.2 Å². The van der Waals surface area contributed by atoms with Gasteiger partial charge >= 0.3 is 0 Å². The molecule has 0 spiro atoms. The predicted molar refractivity (Wildman–Crippen MR) is 99.4 cm³/mol. The molecule has 8 heteroatoms. The second kappa shape index (κ2) is 9.25. The van der Waals surface area contributed by atoms with Crippen molar-refractivity contribution in [3.8, 4) is 0 Å². The molecule has 2 N–H and O–H groups in total. The second-order valence-electron chi connectivity index (χ2n) is 5.90. The molecule has 6 nitrogen and oxygen atoms in total. The van der Waals surface area contributed by atoms with Crippen LogP contribution in [-0.4, -0.2) is 51.2 Å². The van der Waals surface area contributed by atoms with E-state index in [2.05, 4.69) is 10.0 Å². The summed E-state index contributed by atoms with van der Waals surface area (Å²) in [6.45, 7) is 3.64. The first-order valence-corrected chi connectivity index (χ1v) is 9.66. The zero-order valence-electron chi connectivity index (χ0n) is 14.1. The van der Waals surface area contributed by atoms with Crippen molar-refractivity contribution in [2.24, 2.45) is 0 Å². The van der Waals surface area contributed by atoms with E-state index in [0.717, 1.165) is 25.9 Å². The van der Waals surface area contributed by atoms with Crippen LogP contribution in [0.2, 0.25) is 0 Å². The van der Waals surface area contributed by atoms with Crippen LogP contribution in [0, 0.1) is 0 Å². The fourth-order valence-electron chi connectivity index (χ4n) is 2.78. The van der Waals surface area contributed by atoms with Crippen LogP contribution >= 0.6 is 12.4 Å². The number of amides is 1. The lowest BCUT2D eigenvalue weighted by Crippen LogP contribution is -2.43. The number of carbonyl (C=O) groups is 1. The van der Waals surface area contributed by atoms with E-state index in [0.29, 0.717) is 17.7 Å². The molecular formula is C16H26ClN3O3S. The Balaban J connectivity index is 0.00000288.